The van der Waals surface area contributed by atoms with Crippen molar-refractivity contribution >= 4 is 5.91 Å². The highest BCUT2D eigenvalue weighted by molar-refractivity contribution is 5.94. The molecule has 2 rings (SSSR count). The third-order valence-electron chi connectivity index (χ3n) is 3.39. The third-order valence-corrected chi connectivity index (χ3v) is 3.39. The van der Waals surface area contributed by atoms with Crippen molar-refractivity contribution < 1.29 is 9.18 Å². The van der Waals surface area contributed by atoms with Crippen molar-refractivity contribution in [3.8, 4) is 0 Å². The van der Waals surface area contributed by atoms with E-state index in [1.54, 1.807) is 11.9 Å². The molecule has 0 aliphatic carbocycles. The van der Waals surface area contributed by atoms with E-state index < -0.39 is 0 Å². The van der Waals surface area contributed by atoms with Gasteiger partial charge in [0.1, 0.15) is 5.82 Å². The Morgan fingerprint density at radius 3 is 2.79 bits per heavy atom. The SMILES string of the molecule is CN1CCNC(CN(C)C(=O)c2ccc(F)cc2)C1. The van der Waals surface area contributed by atoms with Gasteiger partial charge in [0.2, 0.25) is 0 Å². The van der Waals surface area contributed by atoms with Gasteiger partial charge >= 0.3 is 0 Å². The number of hydrogen-bond acceptors (Lipinski definition) is 3. The smallest absolute Gasteiger partial charge is 0.253 e. The molecular weight excluding hydrogens is 245 g/mol. The fraction of sp³-hybridized carbons (Fsp3) is 0.500. The zero-order valence-electron chi connectivity index (χ0n) is 11.4. The van der Waals surface area contributed by atoms with Crippen LogP contribution in [0.3, 0.4) is 0 Å². The highest BCUT2D eigenvalue weighted by atomic mass is 19.1. The van der Waals surface area contributed by atoms with Gasteiger partial charge in [-0.3, -0.25) is 4.79 Å². The number of rotatable bonds is 3. The van der Waals surface area contributed by atoms with E-state index in [2.05, 4.69) is 17.3 Å². The number of nitrogens with zero attached hydrogens (tertiary/aromatic N) is 2. The molecule has 1 atom stereocenters. The summed E-state index contributed by atoms with van der Waals surface area (Å²) in [7, 11) is 3.86. The largest absolute Gasteiger partial charge is 0.340 e. The summed E-state index contributed by atoms with van der Waals surface area (Å²) in [5, 5.41) is 3.40. The summed E-state index contributed by atoms with van der Waals surface area (Å²) in [5.41, 5.74) is 0.521. The summed E-state index contributed by atoms with van der Waals surface area (Å²) >= 11 is 0. The van der Waals surface area contributed by atoms with E-state index in [1.807, 2.05) is 0 Å². The van der Waals surface area contributed by atoms with E-state index in [0.29, 0.717) is 12.1 Å². The lowest BCUT2D eigenvalue weighted by Crippen LogP contribution is -2.53. The number of nitrogens with one attached hydrogen (secondary N) is 1. The molecule has 1 fully saturated rings. The van der Waals surface area contributed by atoms with Gasteiger partial charge < -0.3 is 15.1 Å². The van der Waals surface area contributed by atoms with Gasteiger partial charge in [0.25, 0.3) is 5.91 Å². The number of carbonyl (C=O) groups is 1. The Balaban J connectivity index is 1.93. The second-order valence-electron chi connectivity index (χ2n) is 5.11. The summed E-state index contributed by atoms with van der Waals surface area (Å²) in [5.74, 6) is -0.398. The average molecular weight is 265 g/mol. The zero-order valence-corrected chi connectivity index (χ0v) is 11.4. The third kappa shape index (κ3) is 3.75. The van der Waals surface area contributed by atoms with Crippen LogP contribution in [0.25, 0.3) is 0 Å². The minimum atomic E-state index is -0.324. The molecule has 0 bridgehead atoms. The van der Waals surface area contributed by atoms with Gasteiger partial charge in [-0.1, -0.05) is 0 Å². The van der Waals surface area contributed by atoms with Crippen LogP contribution in [0.15, 0.2) is 24.3 Å². The zero-order chi connectivity index (χ0) is 13.8. The molecule has 5 heteroatoms. The van der Waals surface area contributed by atoms with Crippen LogP contribution in [-0.2, 0) is 0 Å². The van der Waals surface area contributed by atoms with E-state index in [1.165, 1.54) is 24.3 Å². The van der Waals surface area contributed by atoms with Crippen LogP contribution in [0.2, 0.25) is 0 Å². The summed E-state index contributed by atoms with van der Waals surface area (Å²) < 4.78 is 12.8. The van der Waals surface area contributed by atoms with E-state index in [-0.39, 0.29) is 17.8 Å². The molecule has 1 aliphatic rings. The molecule has 0 saturated carbocycles. The van der Waals surface area contributed by atoms with E-state index in [0.717, 1.165) is 19.6 Å². The van der Waals surface area contributed by atoms with Gasteiger partial charge in [-0.15, -0.1) is 0 Å². The maximum Gasteiger partial charge on any atom is 0.253 e. The Kier molecular flexibility index (Phi) is 4.50. The van der Waals surface area contributed by atoms with Crippen LogP contribution in [0.4, 0.5) is 4.39 Å². The lowest BCUT2D eigenvalue weighted by molar-refractivity contribution is 0.0764. The second-order valence-corrected chi connectivity index (χ2v) is 5.11. The van der Waals surface area contributed by atoms with Crippen LogP contribution >= 0.6 is 0 Å². The first-order valence-corrected chi connectivity index (χ1v) is 6.49. The van der Waals surface area contributed by atoms with E-state index >= 15 is 0 Å². The van der Waals surface area contributed by atoms with Crippen molar-refractivity contribution in [2.75, 3.05) is 40.3 Å². The van der Waals surface area contributed by atoms with Crippen LogP contribution in [0.1, 0.15) is 10.4 Å². The fourth-order valence-electron chi connectivity index (χ4n) is 2.34. The standard InChI is InChI=1S/C14H20FN3O/c1-17-8-7-16-13(9-17)10-18(2)14(19)11-3-5-12(15)6-4-11/h3-6,13,16H,7-10H2,1-2H3. The summed E-state index contributed by atoms with van der Waals surface area (Å²) in [4.78, 5) is 16.1. The molecule has 0 spiro atoms. The normalized spacial score (nSPS) is 20.3. The van der Waals surface area contributed by atoms with Crippen molar-refractivity contribution in [1.29, 1.82) is 0 Å². The Labute approximate surface area is 113 Å². The van der Waals surface area contributed by atoms with Crippen molar-refractivity contribution in [3.63, 3.8) is 0 Å². The molecule has 1 aromatic carbocycles. The minimum absolute atomic E-state index is 0.0740. The highest BCUT2D eigenvalue weighted by Crippen LogP contribution is 2.07. The van der Waals surface area contributed by atoms with Crippen molar-refractivity contribution in [3.05, 3.63) is 35.6 Å². The maximum atomic E-state index is 12.8. The number of amides is 1. The molecule has 1 amide bonds. The van der Waals surface area contributed by atoms with Crippen LogP contribution in [0.5, 0.6) is 0 Å². The first-order chi connectivity index (χ1) is 9.06. The molecule has 0 aromatic heterocycles. The quantitative estimate of drug-likeness (QED) is 0.878. The number of piperazine rings is 1. The fourth-order valence-corrected chi connectivity index (χ4v) is 2.34. The van der Waals surface area contributed by atoms with Gasteiger partial charge in [-0.05, 0) is 31.3 Å². The highest BCUT2D eigenvalue weighted by Gasteiger charge is 2.20. The van der Waals surface area contributed by atoms with Crippen LogP contribution in [0, 0.1) is 5.82 Å². The molecule has 0 radical (unpaired) electrons. The van der Waals surface area contributed by atoms with Gasteiger partial charge in [0, 0.05) is 44.8 Å². The van der Waals surface area contributed by atoms with Crippen LogP contribution in [-0.4, -0.2) is 62.0 Å². The number of hydrogen-bond donors (Lipinski definition) is 1. The molecule has 1 saturated heterocycles. The Bertz CT molecular complexity index is 435. The van der Waals surface area contributed by atoms with Gasteiger partial charge in [-0.25, -0.2) is 4.39 Å². The summed E-state index contributed by atoms with van der Waals surface area (Å²) in [6, 6.07) is 5.96. The van der Waals surface area contributed by atoms with Gasteiger partial charge in [0.05, 0.1) is 0 Å². The molecule has 1 N–H and O–H groups in total. The molecule has 4 nitrogen and oxygen atoms in total. The summed E-state index contributed by atoms with van der Waals surface area (Å²) in [6.07, 6.45) is 0. The number of halogens is 1. The van der Waals surface area contributed by atoms with Crippen molar-refractivity contribution in [2.24, 2.45) is 0 Å². The Hall–Kier alpha value is -1.46. The van der Waals surface area contributed by atoms with Crippen molar-refractivity contribution in [1.82, 2.24) is 15.1 Å². The first-order valence-electron chi connectivity index (χ1n) is 6.49. The lowest BCUT2D eigenvalue weighted by atomic mass is 10.1. The topological polar surface area (TPSA) is 35.6 Å². The van der Waals surface area contributed by atoms with Gasteiger partial charge in [-0.2, -0.15) is 0 Å². The van der Waals surface area contributed by atoms with E-state index in [4.69, 9.17) is 0 Å². The minimum Gasteiger partial charge on any atom is -0.340 e. The first kappa shape index (κ1) is 14.0. The van der Waals surface area contributed by atoms with E-state index in [9.17, 15) is 9.18 Å². The van der Waals surface area contributed by atoms with Crippen molar-refractivity contribution in [2.45, 2.75) is 6.04 Å². The average Bonchev–Trinajstić information content (AvgIpc) is 2.39. The molecule has 1 aromatic rings. The monoisotopic (exact) mass is 265 g/mol. The molecule has 1 unspecified atom stereocenters. The summed E-state index contributed by atoms with van der Waals surface area (Å²) in [6.45, 7) is 3.56. The molecular formula is C14H20FN3O. The molecule has 1 heterocycles. The second kappa shape index (κ2) is 6.12. The molecule has 1 aliphatic heterocycles. The lowest BCUT2D eigenvalue weighted by Gasteiger charge is -2.33. The number of carbonyl (C=O) groups excluding carboxylic acids is 1. The predicted molar refractivity (Wildman–Crippen MR) is 72.6 cm³/mol. The van der Waals surface area contributed by atoms with Gasteiger partial charge in [0.15, 0.2) is 0 Å². The Morgan fingerprint density at radius 1 is 1.47 bits per heavy atom. The van der Waals surface area contributed by atoms with Crippen LogP contribution < -0.4 is 5.32 Å². The maximum absolute atomic E-state index is 12.8. The molecule has 19 heavy (non-hydrogen) atoms. The Morgan fingerprint density at radius 2 is 2.16 bits per heavy atom. The number of benzene rings is 1. The predicted octanol–water partition coefficient (Wildman–Crippen LogP) is 0.801. The number of likely N-dealkylation sites (N-methyl/N-ethyl adjacent to an activating group) is 2. The molecule has 104 valence electrons.